The Hall–Kier alpha value is -1.78. The predicted molar refractivity (Wildman–Crippen MR) is 82.6 cm³/mol. The average Bonchev–Trinajstić information content (AvgIpc) is 2.87. The number of anilines is 1. The van der Waals surface area contributed by atoms with Crippen molar-refractivity contribution in [3.63, 3.8) is 0 Å². The second-order valence-corrected chi connectivity index (χ2v) is 7.77. The van der Waals surface area contributed by atoms with E-state index in [-0.39, 0.29) is 18.0 Å². The van der Waals surface area contributed by atoms with Gasteiger partial charge in [-0.1, -0.05) is 0 Å². The Kier molecular flexibility index (Phi) is 5.17. The Morgan fingerprint density at radius 1 is 1.39 bits per heavy atom. The zero-order valence-corrected chi connectivity index (χ0v) is 14.0. The van der Waals surface area contributed by atoms with E-state index in [1.807, 2.05) is 0 Å². The van der Waals surface area contributed by atoms with E-state index in [4.69, 9.17) is 0 Å². The highest BCUT2D eigenvalue weighted by Gasteiger charge is 2.36. The molecule has 0 aliphatic carbocycles. The molecule has 23 heavy (non-hydrogen) atoms. The van der Waals surface area contributed by atoms with Gasteiger partial charge in [-0.3, -0.25) is 0 Å². The highest BCUT2D eigenvalue weighted by Crippen LogP contribution is 2.23. The molecule has 1 aliphatic rings. The zero-order chi connectivity index (χ0) is 17.2. The molecule has 1 N–H and O–H groups in total. The topological polar surface area (TPSA) is 113 Å². The largest absolute Gasteiger partial charge is 0.464 e. The summed E-state index contributed by atoms with van der Waals surface area (Å²) in [4.78, 5) is 21.1. The van der Waals surface area contributed by atoms with Crippen LogP contribution in [0, 0.1) is 5.92 Å². The molecule has 0 aromatic carbocycles. The van der Waals surface area contributed by atoms with Crippen molar-refractivity contribution in [2.45, 2.75) is 6.10 Å². The van der Waals surface area contributed by atoms with Crippen LogP contribution in [0.5, 0.6) is 0 Å². The number of hydrogen-bond donors (Lipinski definition) is 1. The molecule has 1 aliphatic heterocycles. The van der Waals surface area contributed by atoms with Gasteiger partial charge in [0.25, 0.3) is 0 Å². The van der Waals surface area contributed by atoms with E-state index in [1.165, 1.54) is 33.6 Å². The summed E-state index contributed by atoms with van der Waals surface area (Å²) in [6, 6.07) is 0. The first-order chi connectivity index (χ1) is 10.7. The minimum Gasteiger partial charge on any atom is -0.464 e. The van der Waals surface area contributed by atoms with Crippen molar-refractivity contribution in [2.24, 2.45) is 5.92 Å². The maximum Gasteiger partial charge on any atom is 0.358 e. The van der Waals surface area contributed by atoms with Crippen LogP contribution in [0.2, 0.25) is 0 Å². The highest BCUT2D eigenvalue weighted by atomic mass is 32.2. The van der Waals surface area contributed by atoms with E-state index < -0.39 is 28.0 Å². The molecular formula is C13H20N4O5S. The summed E-state index contributed by atoms with van der Waals surface area (Å²) < 4.78 is 29.6. The van der Waals surface area contributed by atoms with Crippen molar-refractivity contribution < 1.29 is 23.1 Å². The molecule has 1 saturated heterocycles. The number of rotatable bonds is 5. The normalized spacial score (nSPS) is 21.7. The van der Waals surface area contributed by atoms with Gasteiger partial charge in [0.1, 0.15) is 5.82 Å². The number of ether oxygens (including phenoxy) is 1. The summed E-state index contributed by atoms with van der Waals surface area (Å²) in [6.07, 6.45) is 1.92. The number of aliphatic hydroxyl groups is 1. The Balaban J connectivity index is 2.07. The van der Waals surface area contributed by atoms with Crippen molar-refractivity contribution in [3.8, 4) is 0 Å². The summed E-state index contributed by atoms with van der Waals surface area (Å²) in [6.45, 7) is 0.611. The Morgan fingerprint density at radius 3 is 2.61 bits per heavy atom. The first kappa shape index (κ1) is 17.6. The smallest absolute Gasteiger partial charge is 0.358 e. The molecule has 0 spiro atoms. The third kappa shape index (κ3) is 3.95. The molecule has 2 heterocycles. The van der Waals surface area contributed by atoms with Crippen LogP contribution in [0.4, 0.5) is 5.82 Å². The lowest BCUT2D eigenvalue weighted by molar-refractivity contribution is 0.0593. The maximum absolute atomic E-state index is 11.9. The highest BCUT2D eigenvalue weighted by molar-refractivity contribution is 7.89. The number of esters is 1. The summed E-state index contributed by atoms with van der Waals surface area (Å²) >= 11 is 0. The number of methoxy groups -OCH3 is 1. The molecule has 0 bridgehead atoms. The van der Waals surface area contributed by atoms with E-state index in [0.29, 0.717) is 12.4 Å². The number of nitrogens with zero attached hydrogens (tertiary/aromatic N) is 4. The molecule has 0 radical (unpaired) electrons. The molecule has 2 rings (SSSR count). The van der Waals surface area contributed by atoms with Gasteiger partial charge >= 0.3 is 5.97 Å². The van der Waals surface area contributed by atoms with Gasteiger partial charge in [0.05, 0.1) is 31.4 Å². The van der Waals surface area contributed by atoms with E-state index in [1.54, 1.807) is 4.90 Å². The Bertz CT molecular complexity index is 661. The predicted octanol–water partition coefficient (Wildman–Crippen LogP) is -1.05. The fraction of sp³-hybridized carbons (Fsp3) is 0.615. The lowest BCUT2D eigenvalue weighted by atomic mass is 10.1. The standard InChI is InChI=1S/C13H20N4O5S/c1-16(2)23(20,21)8-9-6-17(7-11(9)18)12-5-14-10(4-15-12)13(19)22-3/h4-5,9,11,18H,6-8H2,1-3H3/t9-,11-/m0/s1. The van der Waals surface area contributed by atoms with E-state index in [2.05, 4.69) is 14.7 Å². The minimum atomic E-state index is -3.39. The third-order valence-electron chi connectivity index (χ3n) is 3.74. The van der Waals surface area contributed by atoms with Crippen molar-refractivity contribution in [2.75, 3.05) is 44.9 Å². The lowest BCUT2D eigenvalue weighted by Crippen LogP contribution is -2.33. The first-order valence-corrected chi connectivity index (χ1v) is 8.59. The third-order valence-corrected chi connectivity index (χ3v) is 5.71. The Morgan fingerprint density at radius 2 is 2.09 bits per heavy atom. The van der Waals surface area contributed by atoms with Gasteiger partial charge in [-0.25, -0.2) is 27.5 Å². The summed E-state index contributed by atoms with van der Waals surface area (Å²) in [5, 5.41) is 10.1. The number of aliphatic hydroxyl groups excluding tert-OH is 1. The van der Waals surface area contributed by atoms with Crippen LogP contribution in [0.25, 0.3) is 0 Å². The molecule has 1 aromatic heterocycles. The second kappa shape index (κ2) is 6.77. The van der Waals surface area contributed by atoms with Crippen LogP contribution >= 0.6 is 0 Å². The second-order valence-electron chi connectivity index (χ2n) is 5.54. The molecule has 1 fully saturated rings. The van der Waals surface area contributed by atoms with Crippen molar-refractivity contribution in [3.05, 3.63) is 18.1 Å². The molecule has 10 heteroatoms. The molecule has 0 amide bonds. The van der Waals surface area contributed by atoms with Crippen LogP contribution in [0.1, 0.15) is 10.5 Å². The van der Waals surface area contributed by atoms with Gasteiger partial charge in [-0.15, -0.1) is 0 Å². The van der Waals surface area contributed by atoms with Crippen LogP contribution in [-0.4, -0.2) is 79.9 Å². The number of sulfonamides is 1. The molecule has 128 valence electrons. The van der Waals surface area contributed by atoms with Crippen LogP contribution in [-0.2, 0) is 14.8 Å². The zero-order valence-electron chi connectivity index (χ0n) is 13.2. The van der Waals surface area contributed by atoms with Crippen molar-refractivity contribution >= 4 is 21.8 Å². The first-order valence-electron chi connectivity index (χ1n) is 6.98. The maximum atomic E-state index is 11.9. The summed E-state index contributed by atoms with van der Waals surface area (Å²) in [7, 11) is 0.790. The van der Waals surface area contributed by atoms with Gasteiger partial charge in [-0.05, 0) is 0 Å². The van der Waals surface area contributed by atoms with Gasteiger partial charge in [-0.2, -0.15) is 0 Å². The Labute approximate surface area is 134 Å². The van der Waals surface area contributed by atoms with Crippen LogP contribution < -0.4 is 4.90 Å². The lowest BCUT2D eigenvalue weighted by Gasteiger charge is -2.18. The summed E-state index contributed by atoms with van der Waals surface area (Å²) in [5.74, 6) is -0.655. The van der Waals surface area contributed by atoms with Gasteiger partial charge in [0, 0.05) is 33.1 Å². The summed E-state index contributed by atoms with van der Waals surface area (Å²) in [5.41, 5.74) is 0.0859. The molecule has 1 aromatic rings. The number of aromatic nitrogens is 2. The van der Waals surface area contributed by atoms with E-state index in [9.17, 15) is 18.3 Å². The van der Waals surface area contributed by atoms with Gasteiger partial charge in [0.15, 0.2) is 5.69 Å². The van der Waals surface area contributed by atoms with E-state index in [0.717, 1.165) is 4.31 Å². The number of carbonyl (C=O) groups excluding carboxylic acids is 1. The fourth-order valence-electron chi connectivity index (χ4n) is 2.32. The molecule has 0 unspecified atom stereocenters. The van der Waals surface area contributed by atoms with E-state index >= 15 is 0 Å². The van der Waals surface area contributed by atoms with Gasteiger partial charge < -0.3 is 14.7 Å². The van der Waals surface area contributed by atoms with Crippen molar-refractivity contribution in [1.82, 2.24) is 14.3 Å². The van der Waals surface area contributed by atoms with Crippen molar-refractivity contribution in [1.29, 1.82) is 0 Å². The van der Waals surface area contributed by atoms with Crippen LogP contribution in [0.3, 0.4) is 0 Å². The molecule has 9 nitrogen and oxygen atoms in total. The molecule has 2 atom stereocenters. The fourth-order valence-corrected chi connectivity index (χ4v) is 3.49. The monoisotopic (exact) mass is 344 g/mol. The minimum absolute atomic E-state index is 0.0859. The molecular weight excluding hydrogens is 324 g/mol. The van der Waals surface area contributed by atoms with Crippen LogP contribution in [0.15, 0.2) is 12.4 Å². The number of carbonyl (C=O) groups is 1. The number of hydrogen-bond acceptors (Lipinski definition) is 8. The SMILES string of the molecule is COC(=O)c1cnc(N2C[C@@H](CS(=O)(=O)N(C)C)[C@@H](O)C2)cn1. The quantitative estimate of drug-likeness (QED) is 0.674. The average molecular weight is 344 g/mol. The molecule has 0 saturated carbocycles. The number of β-amino-alcohol motifs (C(OH)–C–C–N with tert-alkyl or cyclic N) is 1. The van der Waals surface area contributed by atoms with Gasteiger partial charge in [0.2, 0.25) is 10.0 Å².